The van der Waals surface area contributed by atoms with Gasteiger partial charge in [-0.2, -0.15) is 0 Å². The minimum atomic E-state index is -0.256. The van der Waals surface area contributed by atoms with Crippen LogP contribution in [0.5, 0.6) is 0 Å². The first-order valence-corrected chi connectivity index (χ1v) is 7.31. The Balaban J connectivity index is 1.74. The van der Waals surface area contributed by atoms with E-state index in [0.29, 0.717) is 0 Å². The number of halogens is 1. The van der Waals surface area contributed by atoms with Crippen LogP contribution in [0.2, 0.25) is 0 Å². The molecule has 0 amide bonds. The lowest BCUT2D eigenvalue weighted by Gasteiger charge is -2.03. The van der Waals surface area contributed by atoms with Gasteiger partial charge in [-0.15, -0.1) is 0 Å². The molecular formula is C16H23FN2O2+2. The molecule has 1 aromatic carbocycles. The highest BCUT2D eigenvalue weighted by molar-refractivity contribution is 5.57. The van der Waals surface area contributed by atoms with Crippen LogP contribution in [0.15, 0.2) is 40.8 Å². The number of furan rings is 1. The molecule has 0 bridgehead atoms. The zero-order valence-corrected chi connectivity index (χ0v) is 12.3. The van der Waals surface area contributed by atoms with Crippen molar-refractivity contribution in [2.24, 2.45) is 0 Å². The van der Waals surface area contributed by atoms with Gasteiger partial charge in [-0.1, -0.05) is 0 Å². The Bertz CT molecular complexity index is 537. The van der Waals surface area contributed by atoms with Crippen molar-refractivity contribution in [3.05, 3.63) is 48.0 Å². The predicted octanol–water partition coefficient (Wildman–Crippen LogP) is 0.0933. The fourth-order valence-corrected chi connectivity index (χ4v) is 2.10. The molecule has 5 heteroatoms. The highest BCUT2D eigenvalue weighted by Crippen LogP contribution is 2.21. The molecule has 1 aromatic heterocycles. The second kappa shape index (κ2) is 7.93. The molecule has 0 aliphatic rings. The van der Waals surface area contributed by atoms with Crippen LogP contribution in [0.1, 0.15) is 12.7 Å². The molecule has 5 N–H and O–H groups in total. The van der Waals surface area contributed by atoms with E-state index in [-0.39, 0.29) is 11.9 Å². The number of benzene rings is 1. The second-order valence-electron chi connectivity index (χ2n) is 5.22. The molecule has 0 aliphatic heterocycles. The molecular weight excluding hydrogens is 271 g/mol. The normalized spacial score (nSPS) is 12.5. The summed E-state index contributed by atoms with van der Waals surface area (Å²) >= 11 is 0. The lowest BCUT2D eigenvalue weighted by Crippen LogP contribution is -2.95. The first-order valence-electron chi connectivity index (χ1n) is 7.31. The summed E-state index contributed by atoms with van der Waals surface area (Å²) < 4.78 is 18.6. The summed E-state index contributed by atoms with van der Waals surface area (Å²) in [5.74, 6) is 1.43. The van der Waals surface area contributed by atoms with E-state index in [9.17, 15) is 4.39 Å². The van der Waals surface area contributed by atoms with Crippen LogP contribution in [0, 0.1) is 5.82 Å². The van der Waals surface area contributed by atoms with Crippen LogP contribution >= 0.6 is 0 Å². The van der Waals surface area contributed by atoms with Gasteiger partial charge in [0.2, 0.25) is 0 Å². The van der Waals surface area contributed by atoms with Crippen LogP contribution in [0.3, 0.4) is 0 Å². The van der Waals surface area contributed by atoms with Crippen molar-refractivity contribution in [3.8, 4) is 11.3 Å². The van der Waals surface area contributed by atoms with Crippen molar-refractivity contribution in [2.75, 3.05) is 19.6 Å². The van der Waals surface area contributed by atoms with Gasteiger partial charge < -0.3 is 20.2 Å². The lowest BCUT2D eigenvalue weighted by atomic mass is 10.2. The number of aliphatic hydroxyl groups is 1. The number of hydrogen-bond donors (Lipinski definition) is 3. The summed E-state index contributed by atoms with van der Waals surface area (Å²) in [4.78, 5) is 0. The van der Waals surface area contributed by atoms with Crippen LogP contribution < -0.4 is 10.6 Å². The largest absolute Gasteiger partial charge is 0.455 e. The molecule has 0 unspecified atom stereocenters. The topological polar surface area (TPSA) is 66.6 Å². The standard InChI is InChI=1S/C16H21FN2O2/c1-12(20)10-18-8-9-19-11-15-6-7-16(21-15)13-2-4-14(17)5-3-13/h2-7,12,18-20H,8-11H2,1H3/p+2/t12-/m0/s1. The summed E-state index contributed by atoms with van der Waals surface area (Å²) in [6.07, 6.45) is -0.256. The molecule has 4 nitrogen and oxygen atoms in total. The van der Waals surface area contributed by atoms with Gasteiger partial charge in [0.1, 0.15) is 37.8 Å². The van der Waals surface area contributed by atoms with Crippen LogP contribution in [0.25, 0.3) is 11.3 Å². The molecule has 21 heavy (non-hydrogen) atoms. The summed E-state index contributed by atoms with van der Waals surface area (Å²) in [5, 5.41) is 13.4. The summed E-state index contributed by atoms with van der Waals surface area (Å²) in [6.45, 7) is 5.25. The van der Waals surface area contributed by atoms with Crippen molar-refractivity contribution < 1.29 is 24.5 Å². The van der Waals surface area contributed by atoms with Crippen molar-refractivity contribution in [2.45, 2.75) is 19.6 Å². The van der Waals surface area contributed by atoms with Gasteiger partial charge in [0, 0.05) is 5.56 Å². The monoisotopic (exact) mass is 294 g/mol. The van der Waals surface area contributed by atoms with Crippen molar-refractivity contribution >= 4 is 0 Å². The third-order valence-corrected chi connectivity index (χ3v) is 3.22. The Labute approximate surface area is 124 Å². The smallest absolute Gasteiger partial charge is 0.158 e. The van der Waals surface area contributed by atoms with E-state index >= 15 is 0 Å². The van der Waals surface area contributed by atoms with E-state index in [2.05, 4.69) is 10.6 Å². The minimum absolute atomic E-state index is 0.243. The molecule has 0 radical (unpaired) electrons. The van der Waals surface area contributed by atoms with E-state index in [1.807, 2.05) is 12.1 Å². The van der Waals surface area contributed by atoms with E-state index in [0.717, 1.165) is 43.3 Å². The SMILES string of the molecule is C[C@H](O)C[NH2+]CC[NH2+]Cc1ccc(-c2ccc(F)cc2)o1. The average molecular weight is 294 g/mol. The second-order valence-corrected chi connectivity index (χ2v) is 5.22. The first kappa shape index (κ1) is 15.7. The lowest BCUT2D eigenvalue weighted by molar-refractivity contribution is -0.733. The van der Waals surface area contributed by atoms with Gasteiger partial charge >= 0.3 is 0 Å². The maximum Gasteiger partial charge on any atom is 0.158 e. The van der Waals surface area contributed by atoms with Gasteiger partial charge in [-0.3, -0.25) is 0 Å². The Morgan fingerprint density at radius 1 is 1.10 bits per heavy atom. The Morgan fingerprint density at radius 3 is 2.52 bits per heavy atom. The summed E-state index contributed by atoms with van der Waals surface area (Å²) in [7, 11) is 0. The molecule has 0 spiro atoms. The molecule has 0 aliphatic carbocycles. The van der Waals surface area contributed by atoms with Gasteiger partial charge in [-0.25, -0.2) is 4.39 Å². The van der Waals surface area contributed by atoms with E-state index in [4.69, 9.17) is 9.52 Å². The highest BCUT2D eigenvalue weighted by Gasteiger charge is 2.06. The third-order valence-electron chi connectivity index (χ3n) is 3.22. The van der Waals surface area contributed by atoms with Gasteiger partial charge in [-0.05, 0) is 43.3 Å². The molecule has 2 rings (SSSR count). The number of hydrogen-bond acceptors (Lipinski definition) is 2. The Kier molecular flexibility index (Phi) is 5.92. The number of quaternary nitrogens is 2. The van der Waals surface area contributed by atoms with E-state index in [1.165, 1.54) is 12.1 Å². The molecule has 0 saturated heterocycles. The fourth-order valence-electron chi connectivity index (χ4n) is 2.10. The fraction of sp³-hybridized carbons (Fsp3) is 0.375. The number of aliphatic hydroxyl groups excluding tert-OH is 1. The quantitative estimate of drug-likeness (QED) is 0.604. The van der Waals surface area contributed by atoms with Crippen LogP contribution in [0.4, 0.5) is 4.39 Å². The number of nitrogens with two attached hydrogens (primary N) is 2. The minimum Gasteiger partial charge on any atom is -0.455 e. The third kappa shape index (κ3) is 5.30. The van der Waals surface area contributed by atoms with E-state index in [1.54, 1.807) is 19.1 Å². The van der Waals surface area contributed by atoms with Crippen molar-refractivity contribution in [3.63, 3.8) is 0 Å². The van der Waals surface area contributed by atoms with Gasteiger partial charge in [0.25, 0.3) is 0 Å². The van der Waals surface area contributed by atoms with Crippen molar-refractivity contribution in [1.82, 2.24) is 0 Å². The molecule has 1 heterocycles. The zero-order chi connectivity index (χ0) is 15.1. The molecule has 0 saturated carbocycles. The molecule has 114 valence electrons. The Hall–Kier alpha value is -1.69. The summed E-state index contributed by atoms with van der Waals surface area (Å²) in [6, 6.07) is 10.2. The van der Waals surface area contributed by atoms with Crippen LogP contribution in [-0.2, 0) is 6.54 Å². The zero-order valence-electron chi connectivity index (χ0n) is 12.3. The maximum atomic E-state index is 12.9. The summed E-state index contributed by atoms with van der Waals surface area (Å²) in [5.41, 5.74) is 0.882. The molecule has 1 atom stereocenters. The molecule has 2 aromatic rings. The first-order chi connectivity index (χ1) is 10.1. The van der Waals surface area contributed by atoms with Crippen LogP contribution in [-0.4, -0.2) is 30.8 Å². The van der Waals surface area contributed by atoms with Gasteiger partial charge in [0.05, 0.1) is 6.10 Å². The average Bonchev–Trinajstić information content (AvgIpc) is 2.92. The predicted molar refractivity (Wildman–Crippen MR) is 77.9 cm³/mol. The molecule has 0 fully saturated rings. The van der Waals surface area contributed by atoms with E-state index < -0.39 is 0 Å². The number of rotatable bonds is 8. The van der Waals surface area contributed by atoms with Gasteiger partial charge in [0.15, 0.2) is 5.76 Å². The maximum absolute atomic E-state index is 12.9. The van der Waals surface area contributed by atoms with Crippen molar-refractivity contribution in [1.29, 1.82) is 0 Å². The Morgan fingerprint density at radius 2 is 1.81 bits per heavy atom. The highest BCUT2D eigenvalue weighted by atomic mass is 19.1.